The quantitative estimate of drug-likeness (QED) is 0.879. The monoisotopic (exact) mass is 248 g/mol. The highest BCUT2D eigenvalue weighted by molar-refractivity contribution is 5.84. The Balaban J connectivity index is 1.95. The summed E-state index contributed by atoms with van der Waals surface area (Å²) < 4.78 is 0. The van der Waals surface area contributed by atoms with Gasteiger partial charge >= 0.3 is 12.0 Å². The van der Waals surface area contributed by atoms with E-state index in [0.717, 1.165) is 5.56 Å². The Labute approximate surface area is 106 Å². The number of amides is 2. The normalized spacial score (nSPS) is 18.1. The van der Waals surface area contributed by atoms with Gasteiger partial charge in [-0.15, -0.1) is 0 Å². The summed E-state index contributed by atoms with van der Waals surface area (Å²) in [5.41, 5.74) is 1.03. The van der Waals surface area contributed by atoms with Crippen LogP contribution in [0.5, 0.6) is 0 Å². The summed E-state index contributed by atoms with van der Waals surface area (Å²) in [6, 6.07) is 8.74. The second kappa shape index (κ2) is 5.08. The van der Waals surface area contributed by atoms with Crippen molar-refractivity contribution in [2.45, 2.75) is 19.0 Å². The zero-order valence-electron chi connectivity index (χ0n) is 10.2. The molecule has 1 heterocycles. The standard InChI is InChI=1S/C13H16N2O3/c1-14(9-10-5-3-2-4-6-10)13(18)15-8-7-11(15)12(16)17/h2-6,11H,7-9H2,1H3,(H,16,17)/t11-/m0/s1. The highest BCUT2D eigenvalue weighted by atomic mass is 16.4. The summed E-state index contributed by atoms with van der Waals surface area (Å²) in [5.74, 6) is -0.928. The number of likely N-dealkylation sites (tertiary alicyclic amines) is 1. The van der Waals surface area contributed by atoms with E-state index in [1.165, 1.54) is 4.90 Å². The third-order valence-electron chi connectivity index (χ3n) is 3.14. The van der Waals surface area contributed by atoms with Gasteiger partial charge in [-0.2, -0.15) is 0 Å². The van der Waals surface area contributed by atoms with Crippen LogP contribution in [0.15, 0.2) is 30.3 Å². The van der Waals surface area contributed by atoms with Gasteiger partial charge in [0, 0.05) is 20.1 Å². The van der Waals surface area contributed by atoms with Crippen LogP contribution in [0.2, 0.25) is 0 Å². The van der Waals surface area contributed by atoms with Gasteiger partial charge in [0.1, 0.15) is 6.04 Å². The Morgan fingerprint density at radius 2 is 2.06 bits per heavy atom. The number of hydrogen-bond acceptors (Lipinski definition) is 2. The molecule has 1 aliphatic heterocycles. The van der Waals surface area contributed by atoms with E-state index in [4.69, 9.17) is 5.11 Å². The molecule has 1 aromatic rings. The van der Waals surface area contributed by atoms with Gasteiger partial charge in [-0.3, -0.25) is 0 Å². The fraction of sp³-hybridized carbons (Fsp3) is 0.385. The molecule has 1 N–H and O–H groups in total. The highest BCUT2D eigenvalue weighted by Gasteiger charge is 2.38. The second-order valence-corrected chi connectivity index (χ2v) is 4.46. The Hall–Kier alpha value is -2.04. The lowest BCUT2D eigenvalue weighted by molar-refractivity contribution is -0.146. The van der Waals surface area contributed by atoms with Crippen LogP contribution in [0.3, 0.4) is 0 Å². The van der Waals surface area contributed by atoms with Crippen molar-refractivity contribution in [1.29, 1.82) is 0 Å². The first kappa shape index (κ1) is 12.4. The van der Waals surface area contributed by atoms with Crippen LogP contribution < -0.4 is 0 Å². The summed E-state index contributed by atoms with van der Waals surface area (Å²) in [6.07, 6.45) is 0.542. The van der Waals surface area contributed by atoms with Crippen LogP contribution in [0.4, 0.5) is 4.79 Å². The SMILES string of the molecule is CN(Cc1ccccc1)C(=O)N1CC[C@H]1C(=O)O. The lowest BCUT2D eigenvalue weighted by Gasteiger charge is -2.40. The van der Waals surface area contributed by atoms with Crippen LogP contribution in [-0.4, -0.2) is 46.5 Å². The van der Waals surface area contributed by atoms with Crippen LogP contribution in [0.1, 0.15) is 12.0 Å². The molecule has 1 fully saturated rings. The van der Waals surface area contributed by atoms with Gasteiger partial charge < -0.3 is 14.9 Å². The molecule has 1 aliphatic rings. The summed E-state index contributed by atoms with van der Waals surface area (Å²) in [5, 5.41) is 8.91. The molecule has 0 unspecified atom stereocenters. The molecule has 0 spiro atoms. The maximum absolute atomic E-state index is 12.0. The maximum Gasteiger partial charge on any atom is 0.326 e. The number of urea groups is 1. The average Bonchev–Trinajstić information content (AvgIpc) is 2.27. The number of benzene rings is 1. The van der Waals surface area contributed by atoms with Crippen LogP contribution >= 0.6 is 0 Å². The lowest BCUT2D eigenvalue weighted by atomic mass is 10.0. The fourth-order valence-electron chi connectivity index (χ4n) is 2.02. The minimum Gasteiger partial charge on any atom is -0.480 e. The minimum atomic E-state index is -0.928. The van der Waals surface area contributed by atoms with E-state index >= 15 is 0 Å². The predicted molar refractivity (Wildman–Crippen MR) is 66.1 cm³/mol. The first-order chi connectivity index (χ1) is 8.59. The van der Waals surface area contributed by atoms with Crippen LogP contribution in [-0.2, 0) is 11.3 Å². The van der Waals surface area contributed by atoms with Crippen molar-refractivity contribution >= 4 is 12.0 Å². The molecule has 0 radical (unpaired) electrons. The Kier molecular flexibility index (Phi) is 3.50. The number of nitrogens with zero attached hydrogens (tertiary/aromatic N) is 2. The number of rotatable bonds is 3. The zero-order chi connectivity index (χ0) is 13.1. The van der Waals surface area contributed by atoms with E-state index in [0.29, 0.717) is 19.5 Å². The second-order valence-electron chi connectivity index (χ2n) is 4.46. The van der Waals surface area contributed by atoms with Gasteiger partial charge in [0.05, 0.1) is 0 Å². The van der Waals surface area contributed by atoms with Crippen molar-refractivity contribution in [2.75, 3.05) is 13.6 Å². The van der Waals surface area contributed by atoms with E-state index in [2.05, 4.69) is 0 Å². The van der Waals surface area contributed by atoms with Crippen LogP contribution in [0.25, 0.3) is 0 Å². The van der Waals surface area contributed by atoms with E-state index in [1.54, 1.807) is 11.9 Å². The molecule has 0 bridgehead atoms. The molecule has 0 aromatic heterocycles. The lowest BCUT2D eigenvalue weighted by Crippen LogP contribution is -2.58. The van der Waals surface area contributed by atoms with Crippen molar-refractivity contribution in [3.05, 3.63) is 35.9 Å². The molecule has 1 aromatic carbocycles. The van der Waals surface area contributed by atoms with E-state index in [-0.39, 0.29) is 6.03 Å². The van der Waals surface area contributed by atoms with Crippen molar-refractivity contribution in [3.8, 4) is 0 Å². The Morgan fingerprint density at radius 1 is 1.39 bits per heavy atom. The maximum atomic E-state index is 12.0. The number of carbonyl (C=O) groups is 2. The molecule has 0 saturated carbocycles. The minimum absolute atomic E-state index is 0.225. The van der Waals surface area contributed by atoms with Gasteiger partial charge in [-0.25, -0.2) is 9.59 Å². The molecule has 96 valence electrons. The van der Waals surface area contributed by atoms with Crippen LogP contribution in [0, 0.1) is 0 Å². The molecule has 2 amide bonds. The molecular formula is C13H16N2O3. The molecule has 5 nitrogen and oxygen atoms in total. The number of carboxylic acid groups (broad SMARTS) is 1. The zero-order valence-corrected chi connectivity index (χ0v) is 10.2. The number of carbonyl (C=O) groups excluding carboxylic acids is 1. The molecule has 18 heavy (non-hydrogen) atoms. The smallest absolute Gasteiger partial charge is 0.326 e. The van der Waals surface area contributed by atoms with Gasteiger partial charge in [-0.1, -0.05) is 30.3 Å². The van der Waals surface area contributed by atoms with E-state index in [1.807, 2.05) is 30.3 Å². The molecular weight excluding hydrogens is 232 g/mol. The summed E-state index contributed by atoms with van der Waals surface area (Å²) in [6.45, 7) is 1.01. The van der Waals surface area contributed by atoms with Crippen molar-refractivity contribution in [1.82, 2.24) is 9.80 Å². The first-order valence-corrected chi connectivity index (χ1v) is 5.88. The summed E-state index contributed by atoms with van der Waals surface area (Å²) in [7, 11) is 1.69. The topological polar surface area (TPSA) is 60.9 Å². The highest BCUT2D eigenvalue weighted by Crippen LogP contribution is 2.19. The van der Waals surface area contributed by atoms with E-state index < -0.39 is 12.0 Å². The Bertz CT molecular complexity index is 447. The summed E-state index contributed by atoms with van der Waals surface area (Å²) in [4.78, 5) is 25.8. The third kappa shape index (κ3) is 2.45. The number of carboxylic acids is 1. The van der Waals surface area contributed by atoms with Gasteiger partial charge in [0.15, 0.2) is 0 Å². The van der Waals surface area contributed by atoms with Gasteiger partial charge in [0.25, 0.3) is 0 Å². The first-order valence-electron chi connectivity index (χ1n) is 5.88. The number of hydrogen-bond donors (Lipinski definition) is 1. The third-order valence-corrected chi connectivity index (χ3v) is 3.14. The fourth-order valence-corrected chi connectivity index (χ4v) is 2.02. The molecule has 1 saturated heterocycles. The van der Waals surface area contributed by atoms with Gasteiger partial charge in [-0.05, 0) is 12.0 Å². The largest absolute Gasteiger partial charge is 0.480 e. The summed E-state index contributed by atoms with van der Waals surface area (Å²) >= 11 is 0. The van der Waals surface area contributed by atoms with E-state index in [9.17, 15) is 9.59 Å². The predicted octanol–water partition coefficient (Wildman–Crippen LogP) is 1.40. The molecule has 2 rings (SSSR count). The molecule has 0 aliphatic carbocycles. The molecule has 5 heteroatoms. The van der Waals surface area contributed by atoms with Crippen molar-refractivity contribution < 1.29 is 14.7 Å². The van der Waals surface area contributed by atoms with Gasteiger partial charge in [0.2, 0.25) is 0 Å². The van der Waals surface area contributed by atoms with Crippen molar-refractivity contribution in [3.63, 3.8) is 0 Å². The average molecular weight is 248 g/mol. The number of aliphatic carboxylic acids is 1. The Morgan fingerprint density at radius 3 is 2.56 bits per heavy atom. The molecule has 1 atom stereocenters. The van der Waals surface area contributed by atoms with Crippen molar-refractivity contribution in [2.24, 2.45) is 0 Å².